The fourth-order valence-corrected chi connectivity index (χ4v) is 3.31. The molecule has 1 heterocycles. The molecule has 0 unspecified atom stereocenters. The number of hydrogen-bond acceptors (Lipinski definition) is 5. The van der Waals surface area contributed by atoms with Gasteiger partial charge in [-0.15, -0.1) is 0 Å². The summed E-state index contributed by atoms with van der Waals surface area (Å²) in [6.45, 7) is 3.30. The van der Waals surface area contributed by atoms with Crippen molar-refractivity contribution in [1.29, 1.82) is 0 Å². The minimum Gasteiger partial charge on any atom is -0.497 e. The highest BCUT2D eigenvalue weighted by atomic mass is 19.1. The van der Waals surface area contributed by atoms with E-state index in [1.807, 2.05) is 18.2 Å². The van der Waals surface area contributed by atoms with E-state index in [1.165, 1.54) is 19.2 Å². The van der Waals surface area contributed by atoms with Crippen LogP contribution in [0.1, 0.15) is 15.9 Å². The predicted molar refractivity (Wildman–Crippen MR) is 104 cm³/mol. The minimum absolute atomic E-state index is 0.0779. The lowest BCUT2D eigenvalue weighted by molar-refractivity contribution is 0.0624. The Morgan fingerprint density at radius 3 is 2.25 bits per heavy atom. The van der Waals surface area contributed by atoms with E-state index in [9.17, 15) is 9.18 Å². The summed E-state index contributed by atoms with van der Waals surface area (Å²) in [6, 6.07) is 10.2. The molecule has 0 N–H and O–H groups in total. The summed E-state index contributed by atoms with van der Waals surface area (Å²) in [5.74, 6) is 0.948. The molecule has 1 fully saturated rings. The van der Waals surface area contributed by atoms with Crippen LogP contribution >= 0.6 is 0 Å². The maximum Gasteiger partial charge on any atom is 0.256 e. The van der Waals surface area contributed by atoms with E-state index in [1.54, 1.807) is 25.2 Å². The van der Waals surface area contributed by atoms with Gasteiger partial charge >= 0.3 is 0 Å². The van der Waals surface area contributed by atoms with Crippen LogP contribution in [0, 0.1) is 5.82 Å². The number of nitrogens with zero attached hydrogens (tertiary/aromatic N) is 2. The first-order valence-electron chi connectivity index (χ1n) is 9.11. The Bertz CT molecular complexity index is 835. The second-order valence-electron chi connectivity index (χ2n) is 6.60. The van der Waals surface area contributed by atoms with Crippen LogP contribution < -0.4 is 14.2 Å². The number of carbonyl (C=O) groups excluding carboxylic acids is 1. The van der Waals surface area contributed by atoms with Crippen LogP contribution in [0.15, 0.2) is 36.4 Å². The molecule has 1 aliphatic heterocycles. The summed E-state index contributed by atoms with van der Waals surface area (Å²) in [7, 11) is 4.69. The molecule has 28 heavy (non-hydrogen) atoms. The topological polar surface area (TPSA) is 51.2 Å². The van der Waals surface area contributed by atoms with Crippen LogP contribution in [0.2, 0.25) is 0 Å². The van der Waals surface area contributed by atoms with Gasteiger partial charge in [-0.25, -0.2) is 4.39 Å². The summed E-state index contributed by atoms with van der Waals surface area (Å²) in [4.78, 5) is 16.6. The Balaban J connectivity index is 1.59. The highest BCUT2D eigenvalue weighted by molar-refractivity contribution is 5.94. The van der Waals surface area contributed by atoms with Crippen LogP contribution in [0.25, 0.3) is 0 Å². The van der Waals surface area contributed by atoms with Crippen molar-refractivity contribution >= 4 is 5.91 Å². The summed E-state index contributed by atoms with van der Waals surface area (Å²) >= 11 is 0. The van der Waals surface area contributed by atoms with E-state index in [4.69, 9.17) is 14.2 Å². The zero-order chi connectivity index (χ0) is 20.1. The van der Waals surface area contributed by atoms with Crippen LogP contribution in [0.5, 0.6) is 17.2 Å². The summed E-state index contributed by atoms with van der Waals surface area (Å²) in [5, 5.41) is 0. The Kier molecular flexibility index (Phi) is 6.36. The Morgan fingerprint density at radius 1 is 0.929 bits per heavy atom. The van der Waals surface area contributed by atoms with E-state index in [-0.39, 0.29) is 11.5 Å². The second kappa shape index (κ2) is 8.93. The third kappa shape index (κ3) is 4.36. The zero-order valence-corrected chi connectivity index (χ0v) is 16.4. The van der Waals surface area contributed by atoms with E-state index in [0.717, 1.165) is 25.2 Å². The van der Waals surface area contributed by atoms with Gasteiger partial charge in [0.15, 0.2) is 11.5 Å². The lowest BCUT2D eigenvalue weighted by Gasteiger charge is -2.35. The van der Waals surface area contributed by atoms with Crippen LogP contribution in [-0.2, 0) is 6.54 Å². The number of ether oxygens (including phenoxy) is 3. The van der Waals surface area contributed by atoms with Gasteiger partial charge in [0.1, 0.15) is 11.6 Å². The number of piperazine rings is 1. The van der Waals surface area contributed by atoms with Gasteiger partial charge in [0.25, 0.3) is 5.91 Å². The standard InChI is InChI=1S/C21H25FN2O4/c1-26-16-5-6-17(18(22)13-16)21(25)24-10-8-23(9-11-24)14-15-4-7-19(27-2)20(12-15)28-3/h4-7,12-13H,8-11,14H2,1-3H3. The number of halogens is 1. The van der Waals surface area contributed by atoms with Crippen molar-refractivity contribution in [2.45, 2.75) is 6.54 Å². The van der Waals surface area contributed by atoms with Gasteiger partial charge in [-0.05, 0) is 29.8 Å². The normalized spacial score (nSPS) is 14.6. The lowest BCUT2D eigenvalue weighted by atomic mass is 10.1. The van der Waals surface area contributed by atoms with Gasteiger partial charge in [-0.1, -0.05) is 6.07 Å². The van der Waals surface area contributed by atoms with Gasteiger partial charge in [0, 0.05) is 38.8 Å². The third-order valence-electron chi connectivity index (χ3n) is 4.92. The van der Waals surface area contributed by atoms with Gasteiger partial charge in [-0.2, -0.15) is 0 Å². The lowest BCUT2D eigenvalue weighted by Crippen LogP contribution is -2.48. The molecule has 0 atom stereocenters. The van der Waals surface area contributed by atoms with Gasteiger partial charge < -0.3 is 19.1 Å². The highest BCUT2D eigenvalue weighted by Crippen LogP contribution is 2.28. The van der Waals surface area contributed by atoms with Crippen molar-refractivity contribution in [3.63, 3.8) is 0 Å². The molecule has 2 aromatic rings. The van der Waals surface area contributed by atoms with E-state index < -0.39 is 5.82 Å². The molecular weight excluding hydrogens is 363 g/mol. The van der Waals surface area contributed by atoms with E-state index in [0.29, 0.717) is 30.3 Å². The van der Waals surface area contributed by atoms with Crippen molar-refractivity contribution in [1.82, 2.24) is 9.80 Å². The molecule has 1 amide bonds. The van der Waals surface area contributed by atoms with Crippen molar-refractivity contribution < 1.29 is 23.4 Å². The molecule has 3 rings (SSSR count). The van der Waals surface area contributed by atoms with Crippen LogP contribution in [0.4, 0.5) is 4.39 Å². The Morgan fingerprint density at radius 2 is 1.64 bits per heavy atom. The molecule has 6 nitrogen and oxygen atoms in total. The monoisotopic (exact) mass is 388 g/mol. The van der Waals surface area contributed by atoms with Crippen LogP contribution in [-0.4, -0.2) is 63.2 Å². The van der Waals surface area contributed by atoms with Crippen molar-refractivity contribution in [3.05, 3.63) is 53.3 Å². The first-order chi connectivity index (χ1) is 13.5. The molecule has 0 aromatic heterocycles. The van der Waals surface area contributed by atoms with Crippen molar-refractivity contribution in [2.24, 2.45) is 0 Å². The predicted octanol–water partition coefficient (Wildman–Crippen LogP) is 2.81. The molecule has 2 aromatic carbocycles. The molecule has 150 valence electrons. The molecule has 0 bridgehead atoms. The zero-order valence-electron chi connectivity index (χ0n) is 16.4. The number of benzene rings is 2. The smallest absolute Gasteiger partial charge is 0.256 e. The van der Waals surface area contributed by atoms with E-state index in [2.05, 4.69) is 4.90 Å². The fraction of sp³-hybridized carbons (Fsp3) is 0.381. The molecule has 0 radical (unpaired) electrons. The number of carbonyl (C=O) groups is 1. The number of methoxy groups -OCH3 is 3. The quantitative estimate of drug-likeness (QED) is 0.762. The molecule has 1 aliphatic rings. The first kappa shape index (κ1) is 19.9. The number of hydrogen-bond donors (Lipinski definition) is 0. The Hall–Kier alpha value is -2.80. The summed E-state index contributed by atoms with van der Waals surface area (Å²) in [5.41, 5.74) is 1.19. The molecule has 0 spiro atoms. The number of amides is 1. The van der Waals surface area contributed by atoms with E-state index >= 15 is 0 Å². The van der Waals surface area contributed by atoms with Gasteiger partial charge in [0.05, 0.1) is 26.9 Å². The summed E-state index contributed by atoms with van der Waals surface area (Å²) < 4.78 is 29.8. The second-order valence-corrected chi connectivity index (χ2v) is 6.60. The SMILES string of the molecule is COc1ccc(C(=O)N2CCN(Cc3ccc(OC)c(OC)c3)CC2)c(F)c1. The highest BCUT2D eigenvalue weighted by Gasteiger charge is 2.24. The minimum atomic E-state index is -0.558. The van der Waals surface area contributed by atoms with Crippen LogP contribution in [0.3, 0.4) is 0 Å². The number of rotatable bonds is 6. The fourth-order valence-electron chi connectivity index (χ4n) is 3.31. The largest absolute Gasteiger partial charge is 0.497 e. The maximum atomic E-state index is 14.2. The van der Waals surface area contributed by atoms with Gasteiger partial charge in [0.2, 0.25) is 0 Å². The molecule has 0 aliphatic carbocycles. The molecule has 1 saturated heterocycles. The average Bonchev–Trinajstić information content (AvgIpc) is 2.73. The molecular formula is C21H25FN2O4. The van der Waals surface area contributed by atoms with Gasteiger partial charge in [-0.3, -0.25) is 9.69 Å². The third-order valence-corrected chi connectivity index (χ3v) is 4.92. The first-order valence-corrected chi connectivity index (χ1v) is 9.11. The maximum absolute atomic E-state index is 14.2. The molecule has 7 heteroatoms. The summed E-state index contributed by atoms with van der Waals surface area (Å²) in [6.07, 6.45) is 0. The Labute approximate surface area is 164 Å². The average molecular weight is 388 g/mol. The van der Waals surface area contributed by atoms with Crippen molar-refractivity contribution in [2.75, 3.05) is 47.5 Å². The van der Waals surface area contributed by atoms with Crippen molar-refractivity contribution in [3.8, 4) is 17.2 Å². The molecule has 0 saturated carbocycles.